The molecule has 0 radical (unpaired) electrons. The lowest BCUT2D eigenvalue weighted by molar-refractivity contribution is -0.176. The predicted octanol–water partition coefficient (Wildman–Crippen LogP) is 5.42. The zero-order valence-electron chi connectivity index (χ0n) is 23.7. The molecule has 0 spiro atoms. The maximum Gasteiger partial charge on any atom is 0.334 e. The van der Waals surface area contributed by atoms with Crippen LogP contribution in [0, 0.1) is 5.41 Å². The average Bonchev–Trinajstić information content (AvgIpc) is 3.38. The summed E-state index contributed by atoms with van der Waals surface area (Å²) in [6.45, 7) is 6.42. The number of benzene rings is 2. The second-order valence-electron chi connectivity index (χ2n) is 10.7. The number of nitrogens with zero attached hydrogens (tertiary/aromatic N) is 2. The molecule has 9 nitrogen and oxygen atoms in total. The molecular weight excluding hydrogens is 531 g/mol. The number of amides is 1. The zero-order chi connectivity index (χ0) is 29.2. The normalized spacial score (nSPS) is 16.6. The van der Waals surface area contributed by atoms with Crippen molar-refractivity contribution in [1.82, 2.24) is 5.01 Å². The summed E-state index contributed by atoms with van der Waals surface area (Å²) in [6, 6.07) is 18.1. The van der Waals surface area contributed by atoms with Gasteiger partial charge in [-0.05, 0) is 58.1 Å². The molecular formula is C30H39N2O7P. The highest BCUT2D eigenvalue weighted by molar-refractivity contribution is 7.59. The molecule has 2 atom stereocenters. The highest BCUT2D eigenvalue weighted by Crippen LogP contribution is 2.48. The van der Waals surface area contributed by atoms with Gasteiger partial charge in [-0.15, -0.1) is 0 Å². The summed E-state index contributed by atoms with van der Waals surface area (Å²) in [5.41, 5.74) is 1.71. The van der Waals surface area contributed by atoms with Gasteiger partial charge in [-0.2, -0.15) is 5.10 Å². The first kappa shape index (κ1) is 31.2. The second-order valence-corrected chi connectivity index (χ2v) is 13.3. The molecule has 1 aliphatic rings. The number of rotatable bonds is 13. The van der Waals surface area contributed by atoms with E-state index in [4.69, 9.17) is 14.0 Å². The SMILES string of the molecule is CCOP(=O)(CCCCc1ccccc1)CC(=O)N1N=C(c2ccccc2)CC1C(=O)OCOC(=O)C(C)(C)C. The maximum absolute atomic E-state index is 13.7. The molecule has 0 saturated carbocycles. The Bertz CT molecular complexity index is 1230. The van der Waals surface area contributed by atoms with Gasteiger partial charge in [-0.1, -0.05) is 60.7 Å². The number of hydrogen-bond acceptors (Lipinski definition) is 8. The van der Waals surface area contributed by atoms with Crippen LogP contribution in [0.4, 0.5) is 0 Å². The lowest BCUT2D eigenvalue weighted by atomic mass is 9.98. The largest absolute Gasteiger partial charge is 0.427 e. The minimum absolute atomic E-state index is 0.109. The van der Waals surface area contributed by atoms with Crippen LogP contribution in [0.5, 0.6) is 0 Å². The fourth-order valence-electron chi connectivity index (χ4n) is 4.21. The molecule has 2 aromatic rings. The quantitative estimate of drug-likeness (QED) is 0.137. The van der Waals surface area contributed by atoms with Crippen molar-refractivity contribution in [3.05, 3.63) is 71.8 Å². The van der Waals surface area contributed by atoms with E-state index < -0.39 is 43.5 Å². The predicted molar refractivity (Wildman–Crippen MR) is 153 cm³/mol. The van der Waals surface area contributed by atoms with Gasteiger partial charge in [0.25, 0.3) is 5.91 Å². The zero-order valence-corrected chi connectivity index (χ0v) is 24.6. The van der Waals surface area contributed by atoms with Gasteiger partial charge in [-0.3, -0.25) is 14.2 Å². The first-order valence-corrected chi connectivity index (χ1v) is 15.6. The lowest BCUT2D eigenvalue weighted by Crippen LogP contribution is -2.41. The van der Waals surface area contributed by atoms with E-state index in [1.165, 1.54) is 5.56 Å². The van der Waals surface area contributed by atoms with Crippen LogP contribution in [0.25, 0.3) is 0 Å². The van der Waals surface area contributed by atoms with Gasteiger partial charge in [0.15, 0.2) is 6.04 Å². The van der Waals surface area contributed by atoms with Crippen LogP contribution in [0.2, 0.25) is 0 Å². The van der Waals surface area contributed by atoms with E-state index in [2.05, 4.69) is 5.10 Å². The summed E-state index contributed by atoms with van der Waals surface area (Å²) in [4.78, 5) is 38.5. The van der Waals surface area contributed by atoms with Crippen molar-refractivity contribution >= 4 is 30.9 Å². The van der Waals surface area contributed by atoms with Gasteiger partial charge in [0, 0.05) is 12.6 Å². The van der Waals surface area contributed by atoms with Crippen LogP contribution in [-0.4, -0.2) is 60.3 Å². The van der Waals surface area contributed by atoms with Gasteiger partial charge >= 0.3 is 11.9 Å². The molecule has 0 aliphatic carbocycles. The summed E-state index contributed by atoms with van der Waals surface area (Å²) in [5, 5.41) is 5.49. The maximum atomic E-state index is 13.7. The monoisotopic (exact) mass is 570 g/mol. The first-order chi connectivity index (χ1) is 19.0. The molecule has 1 aliphatic heterocycles. The number of aryl methyl sites for hydroxylation is 1. The second kappa shape index (κ2) is 14.4. The van der Waals surface area contributed by atoms with Gasteiger partial charge < -0.3 is 14.0 Å². The Balaban J connectivity index is 1.69. The summed E-state index contributed by atoms with van der Waals surface area (Å²) in [6.07, 6.45) is 2.25. The molecule has 0 bridgehead atoms. The number of carbonyl (C=O) groups excluding carboxylic acids is 3. The summed E-state index contributed by atoms with van der Waals surface area (Å²) in [7, 11) is -3.33. The number of hydrazone groups is 1. The third-order valence-corrected chi connectivity index (χ3v) is 8.82. The van der Waals surface area contributed by atoms with Gasteiger partial charge in [0.05, 0.1) is 17.7 Å². The topological polar surface area (TPSA) is 112 Å². The minimum Gasteiger partial charge on any atom is -0.427 e. The highest BCUT2D eigenvalue weighted by Gasteiger charge is 2.41. The summed E-state index contributed by atoms with van der Waals surface area (Å²) >= 11 is 0. The molecule has 10 heteroatoms. The molecule has 0 saturated heterocycles. The Morgan fingerprint density at radius 2 is 1.62 bits per heavy atom. The number of unbranched alkanes of at least 4 members (excludes halogenated alkanes) is 1. The van der Waals surface area contributed by atoms with Crippen LogP contribution in [0.15, 0.2) is 65.8 Å². The molecule has 2 unspecified atom stereocenters. The third kappa shape index (κ3) is 9.14. The van der Waals surface area contributed by atoms with Crippen molar-refractivity contribution in [2.75, 3.05) is 25.7 Å². The van der Waals surface area contributed by atoms with Gasteiger partial charge in [0.1, 0.15) is 6.16 Å². The smallest absolute Gasteiger partial charge is 0.334 e. The van der Waals surface area contributed by atoms with Crippen LogP contribution >= 0.6 is 7.37 Å². The average molecular weight is 571 g/mol. The third-order valence-electron chi connectivity index (χ3n) is 6.35. The van der Waals surface area contributed by atoms with Crippen molar-refractivity contribution in [1.29, 1.82) is 0 Å². The number of carbonyl (C=O) groups is 3. The summed E-state index contributed by atoms with van der Waals surface area (Å²) < 4.78 is 29.6. The number of esters is 2. The Morgan fingerprint density at radius 1 is 0.975 bits per heavy atom. The summed E-state index contributed by atoms with van der Waals surface area (Å²) in [5.74, 6) is -1.87. The van der Waals surface area contributed by atoms with E-state index in [1.54, 1.807) is 27.7 Å². The van der Waals surface area contributed by atoms with Crippen molar-refractivity contribution in [2.45, 2.75) is 59.4 Å². The molecule has 216 valence electrons. The molecule has 0 fully saturated rings. The van der Waals surface area contributed by atoms with Gasteiger partial charge in [-0.25, -0.2) is 9.80 Å². The Hall–Kier alpha value is -3.29. The van der Waals surface area contributed by atoms with E-state index in [-0.39, 0.29) is 25.4 Å². The lowest BCUT2D eigenvalue weighted by Gasteiger charge is -2.23. The number of hydrogen-bond donors (Lipinski definition) is 0. The van der Waals surface area contributed by atoms with E-state index in [0.29, 0.717) is 12.1 Å². The van der Waals surface area contributed by atoms with Crippen molar-refractivity contribution in [2.24, 2.45) is 10.5 Å². The fourth-order valence-corrected chi connectivity index (χ4v) is 6.32. The van der Waals surface area contributed by atoms with Crippen molar-refractivity contribution in [3.8, 4) is 0 Å². The molecule has 40 heavy (non-hydrogen) atoms. The van der Waals surface area contributed by atoms with E-state index in [0.717, 1.165) is 23.4 Å². The Kier molecular flexibility index (Phi) is 11.2. The Morgan fingerprint density at radius 3 is 2.25 bits per heavy atom. The highest BCUT2D eigenvalue weighted by atomic mass is 31.2. The molecule has 0 N–H and O–H groups in total. The molecule has 1 heterocycles. The van der Waals surface area contributed by atoms with Crippen LogP contribution in [0.3, 0.4) is 0 Å². The van der Waals surface area contributed by atoms with Crippen LogP contribution < -0.4 is 0 Å². The van der Waals surface area contributed by atoms with Gasteiger partial charge in [0.2, 0.25) is 14.2 Å². The van der Waals surface area contributed by atoms with Crippen molar-refractivity contribution in [3.63, 3.8) is 0 Å². The molecule has 2 aromatic carbocycles. The van der Waals surface area contributed by atoms with Crippen LogP contribution in [-0.2, 0) is 39.4 Å². The fraction of sp³-hybridized carbons (Fsp3) is 0.467. The molecule has 1 amide bonds. The van der Waals surface area contributed by atoms with E-state index >= 15 is 0 Å². The van der Waals surface area contributed by atoms with E-state index in [9.17, 15) is 18.9 Å². The number of ether oxygens (including phenoxy) is 2. The van der Waals surface area contributed by atoms with E-state index in [1.807, 2.05) is 60.7 Å². The molecule has 0 aromatic heterocycles. The standard InChI is InChI=1S/C30H39N2O7P/c1-5-39-40(36,19-13-12-16-23-14-8-6-9-15-23)21-27(33)32-26(20-25(31-32)24-17-10-7-11-18-24)28(34)37-22-38-29(35)30(2,3)4/h6-11,14-15,17-18,26H,5,12-13,16,19-22H2,1-4H3. The first-order valence-electron chi connectivity index (χ1n) is 13.6. The minimum atomic E-state index is -3.33. The van der Waals surface area contributed by atoms with Crippen LogP contribution in [0.1, 0.15) is 58.1 Å². The van der Waals surface area contributed by atoms with Crippen molar-refractivity contribution < 1.29 is 32.9 Å². The molecule has 3 rings (SSSR count). The Labute approximate surface area is 236 Å².